The van der Waals surface area contributed by atoms with Gasteiger partial charge in [0.05, 0.1) is 0 Å². The molecule has 1 heterocycles. The van der Waals surface area contributed by atoms with Gasteiger partial charge in [0.1, 0.15) is 5.76 Å². The summed E-state index contributed by atoms with van der Waals surface area (Å²) in [7, 11) is 0. The smallest absolute Gasteiger partial charge is 0.352 e. The lowest BCUT2D eigenvalue weighted by Crippen LogP contribution is -2.44. The molecule has 0 aromatic rings. The van der Waals surface area contributed by atoms with Crippen LogP contribution in [-0.2, 0) is 19.1 Å². The van der Waals surface area contributed by atoms with Crippen LogP contribution < -0.4 is 0 Å². The second-order valence-electron chi connectivity index (χ2n) is 3.23. The first-order chi connectivity index (χ1) is 6.39. The van der Waals surface area contributed by atoms with Crippen molar-refractivity contribution in [3.8, 4) is 0 Å². The first-order valence-electron chi connectivity index (χ1n) is 4.26. The maximum absolute atomic E-state index is 11.3. The normalized spacial score (nSPS) is 26.9. The van der Waals surface area contributed by atoms with E-state index in [1.807, 2.05) is 0 Å². The molecule has 0 spiro atoms. The number of rotatable bonds is 1. The summed E-state index contributed by atoms with van der Waals surface area (Å²) < 4.78 is 9.73. The number of hydrogen-bond acceptors (Lipinski definition) is 5. The molecule has 0 aromatic carbocycles. The maximum atomic E-state index is 11.3. The van der Waals surface area contributed by atoms with Crippen molar-refractivity contribution in [2.75, 3.05) is 0 Å². The van der Waals surface area contributed by atoms with Crippen molar-refractivity contribution in [2.45, 2.75) is 33.0 Å². The zero-order valence-electron chi connectivity index (χ0n) is 8.29. The quantitative estimate of drug-likeness (QED) is 0.296. The molecule has 1 aliphatic rings. The molecule has 0 aliphatic carbocycles. The highest BCUT2D eigenvalue weighted by atomic mass is 16.7. The van der Waals surface area contributed by atoms with Gasteiger partial charge in [-0.15, -0.1) is 0 Å². The van der Waals surface area contributed by atoms with Crippen LogP contribution in [-0.4, -0.2) is 22.8 Å². The van der Waals surface area contributed by atoms with Crippen LogP contribution in [0.15, 0.2) is 11.3 Å². The maximum Gasteiger partial charge on any atom is 0.352 e. The third-order valence-electron chi connectivity index (χ3n) is 2.03. The summed E-state index contributed by atoms with van der Waals surface area (Å²) >= 11 is 0. The minimum absolute atomic E-state index is 0.363. The molecule has 0 atom stereocenters. The number of esters is 2. The van der Waals surface area contributed by atoms with Crippen molar-refractivity contribution in [2.24, 2.45) is 0 Å². The van der Waals surface area contributed by atoms with E-state index in [0.717, 1.165) is 0 Å². The standard InChI is InChI=1S/C9H12O5/c1-4-9(3)13-7(11)6(5(2)10)8(12)14-9/h10H,4H2,1-3H3. The van der Waals surface area contributed by atoms with Gasteiger partial charge in [-0.05, 0) is 6.92 Å². The molecule has 0 saturated carbocycles. The fourth-order valence-corrected chi connectivity index (χ4v) is 1.04. The Balaban J connectivity index is 3.02. The molecule has 1 rings (SSSR count). The van der Waals surface area contributed by atoms with E-state index < -0.39 is 29.1 Å². The zero-order valence-corrected chi connectivity index (χ0v) is 8.29. The van der Waals surface area contributed by atoms with Crippen molar-refractivity contribution in [1.29, 1.82) is 0 Å². The van der Waals surface area contributed by atoms with Gasteiger partial charge in [0, 0.05) is 13.3 Å². The summed E-state index contributed by atoms with van der Waals surface area (Å²) in [5.41, 5.74) is -0.434. The minimum atomic E-state index is -1.22. The van der Waals surface area contributed by atoms with Gasteiger partial charge < -0.3 is 14.6 Å². The monoisotopic (exact) mass is 200 g/mol. The fraction of sp³-hybridized carbons (Fsp3) is 0.556. The molecule has 1 aliphatic heterocycles. The third kappa shape index (κ3) is 1.71. The number of carbonyl (C=O) groups is 2. The highest BCUT2D eigenvalue weighted by Crippen LogP contribution is 2.26. The second kappa shape index (κ2) is 3.32. The van der Waals surface area contributed by atoms with Gasteiger partial charge in [0.2, 0.25) is 0 Å². The van der Waals surface area contributed by atoms with E-state index in [2.05, 4.69) is 0 Å². The molecule has 5 nitrogen and oxygen atoms in total. The van der Waals surface area contributed by atoms with E-state index >= 15 is 0 Å². The first kappa shape index (κ1) is 10.6. The number of hydrogen-bond donors (Lipinski definition) is 1. The van der Waals surface area contributed by atoms with Crippen LogP contribution in [0.1, 0.15) is 27.2 Å². The number of cyclic esters (lactones) is 2. The topological polar surface area (TPSA) is 72.8 Å². The number of aliphatic hydroxyl groups excluding tert-OH is 1. The van der Waals surface area contributed by atoms with Crippen LogP contribution >= 0.6 is 0 Å². The number of carbonyl (C=O) groups excluding carboxylic acids is 2. The van der Waals surface area contributed by atoms with Gasteiger partial charge >= 0.3 is 11.9 Å². The van der Waals surface area contributed by atoms with Crippen LogP contribution in [0.2, 0.25) is 0 Å². The molecule has 0 unspecified atom stereocenters. The molecular weight excluding hydrogens is 188 g/mol. The lowest BCUT2D eigenvalue weighted by atomic mass is 10.1. The number of ether oxygens (including phenoxy) is 2. The van der Waals surface area contributed by atoms with E-state index in [-0.39, 0.29) is 0 Å². The molecular formula is C9H12O5. The van der Waals surface area contributed by atoms with E-state index in [1.54, 1.807) is 6.92 Å². The van der Waals surface area contributed by atoms with E-state index in [0.29, 0.717) is 6.42 Å². The fourth-order valence-electron chi connectivity index (χ4n) is 1.04. The Hall–Kier alpha value is -1.52. The second-order valence-corrected chi connectivity index (χ2v) is 3.23. The summed E-state index contributed by atoms with van der Waals surface area (Å²) in [6.07, 6.45) is 0.363. The molecule has 14 heavy (non-hydrogen) atoms. The lowest BCUT2D eigenvalue weighted by Gasteiger charge is -2.32. The zero-order chi connectivity index (χ0) is 10.9. The predicted octanol–water partition coefficient (Wildman–Crippen LogP) is 1.04. The van der Waals surface area contributed by atoms with Crippen LogP contribution in [0, 0.1) is 0 Å². The van der Waals surface area contributed by atoms with Crippen LogP contribution in [0.3, 0.4) is 0 Å². The van der Waals surface area contributed by atoms with Crippen LogP contribution in [0.25, 0.3) is 0 Å². The lowest BCUT2D eigenvalue weighted by molar-refractivity contribution is -0.229. The first-order valence-corrected chi connectivity index (χ1v) is 4.26. The van der Waals surface area contributed by atoms with Gasteiger partial charge in [-0.2, -0.15) is 0 Å². The Kier molecular flexibility index (Phi) is 2.51. The molecule has 1 saturated heterocycles. The van der Waals surface area contributed by atoms with Crippen molar-refractivity contribution in [3.63, 3.8) is 0 Å². The molecule has 0 bridgehead atoms. The predicted molar refractivity (Wildman–Crippen MR) is 46.2 cm³/mol. The van der Waals surface area contributed by atoms with Crippen molar-refractivity contribution in [3.05, 3.63) is 11.3 Å². The molecule has 0 radical (unpaired) electrons. The van der Waals surface area contributed by atoms with Crippen LogP contribution in [0.4, 0.5) is 0 Å². The van der Waals surface area contributed by atoms with Crippen LogP contribution in [0.5, 0.6) is 0 Å². The highest BCUT2D eigenvalue weighted by molar-refractivity contribution is 6.15. The Labute approximate surface area is 81.3 Å². The van der Waals surface area contributed by atoms with Gasteiger partial charge in [-0.25, -0.2) is 9.59 Å². The Morgan fingerprint density at radius 3 is 2.07 bits per heavy atom. The summed E-state index contributed by atoms with van der Waals surface area (Å²) in [4.78, 5) is 22.6. The molecule has 0 amide bonds. The molecule has 0 aromatic heterocycles. The third-order valence-corrected chi connectivity index (χ3v) is 2.03. The van der Waals surface area contributed by atoms with Crippen molar-refractivity contribution in [1.82, 2.24) is 0 Å². The van der Waals surface area contributed by atoms with Gasteiger partial charge in [-0.3, -0.25) is 0 Å². The number of aliphatic hydroxyl groups is 1. The summed E-state index contributed by atoms with van der Waals surface area (Å²) in [5, 5.41) is 9.04. The number of allylic oxidation sites excluding steroid dienone is 1. The van der Waals surface area contributed by atoms with Crippen molar-refractivity contribution < 1.29 is 24.2 Å². The van der Waals surface area contributed by atoms with E-state index in [4.69, 9.17) is 14.6 Å². The van der Waals surface area contributed by atoms with Gasteiger partial charge in [0.15, 0.2) is 5.57 Å². The van der Waals surface area contributed by atoms with Gasteiger partial charge in [-0.1, -0.05) is 6.92 Å². The minimum Gasteiger partial charge on any atom is -0.511 e. The molecule has 5 heteroatoms. The SMILES string of the molecule is CCC1(C)OC(=O)C(=C(C)O)C(=O)O1. The average molecular weight is 200 g/mol. The molecule has 1 N–H and O–H groups in total. The Bertz CT molecular complexity index is 291. The van der Waals surface area contributed by atoms with Crippen molar-refractivity contribution >= 4 is 11.9 Å². The summed E-state index contributed by atoms with van der Waals surface area (Å²) in [5.74, 6) is -3.29. The molecule has 78 valence electrons. The van der Waals surface area contributed by atoms with E-state index in [1.165, 1.54) is 13.8 Å². The Morgan fingerprint density at radius 1 is 1.36 bits per heavy atom. The Morgan fingerprint density at radius 2 is 1.79 bits per heavy atom. The summed E-state index contributed by atoms with van der Waals surface area (Å²) in [6.45, 7) is 4.44. The summed E-state index contributed by atoms with van der Waals surface area (Å²) in [6, 6.07) is 0. The largest absolute Gasteiger partial charge is 0.511 e. The van der Waals surface area contributed by atoms with Gasteiger partial charge in [0.25, 0.3) is 5.79 Å². The average Bonchev–Trinajstić information content (AvgIpc) is 2.01. The van der Waals surface area contributed by atoms with E-state index in [9.17, 15) is 9.59 Å². The highest BCUT2D eigenvalue weighted by Gasteiger charge is 2.42. The molecule has 1 fully saturated rings.